The molecule has 0 aliphatic rings. The molecule has 1 amide bonds. The van der Waals surface area contributed by atoms with Crippen LogP contribution in [0.3, 0.4) is 0 Å². The summed E-state index contributed by atoms with van der Waals surface area (Å²) in [5, 5.41) is 7.88. The van der Waals surface area contributed by atoms with Gasteiger partial charge in [-0.05, 0) is 23.3 Å². The zero-order valence-electron chi connectivity index (χ0n) is 16.4. The highest BCUT2D eigenvalue weighted by molar-refractivity contribution is 7.89. The van der Waals surface area contributed by atoms with Gasteiger partial charge in [0.2, 0.25) is 5.82 Å². The summed E-state index contributed by atoms with van der Waals surface area (Å²) in [7, 11) is -3.09. The van der Waals surface area contributed by atoms with Crippen molar-refractivity contribution in [3.63, 3.8) is 0 Å². The van der Waals surface area contributed by atoms with E-state index in [4.69, 9.17) is 23.2 Å². The largest absolute Gasteiger partial charge is 0.345 e. The standard InChI is InChI=1S/C20H20Cl2N4O3S/c1-3-17-24-19(25-26(17)18-15(21)5-4-6-16(18)22)20(27)23-11-13-7-9-14(10-8-13)12-30(2,28)29/h4-10H,3,11-12H2,1-2H3,(H,23,27). The first-order valence-electron chi connectivity index (χ1n) is 9.12. The Morgan fingerprint density at radius 2 is 1.67 bits per heavy atom. The highest BCUT2D eigenvalue weighted by atomic mass is 35.5. The fourth-order valence-electron chi connectivity index (χ4n) is 2.86. The Hall–Kier alpha value is -2.42. The molecule has 0 atom stereocenters. The molecule has 10 heteroatoms. The minimum Gasteiger partial charge on any atom is -0.345 e. The summed E-state index contributed by atoms with van der Waals surface area (Å²) in [5.41, 5.74) is 1.99. The van der Waals surface area contributed by atoms with Crippen molar-refractivity contribution < 1.29 is 13.2 Å². The Morgan fingerprint density at radius 3 is 2.23 bits per heavy atom. The first-order valence-corrected chi connectivity index (χ1v) is 11.9. The van der Waals surface area contributed by atoms with Crippen molar-refractivity contribution in [3.05, 3.63) is 75.3 Å². The summed E-state index contributed by atoms with van der Waals surface area (Å²) in [6.45, 7) is 2.14. The van der Waals surface area contributed by atoms with E-state index in [-0.39, 0.29) is 18.1 Å². The van der Waals surface area contributed by atoms with Crippen molar-refractivity contribution in [1.82, 2.24) is 20.1 Å². The molecule has 3 rings (SSSR count). The summed E-state index contributed by atoms with van der Waals surface area (Å²) in [5.74, 6) is 0.106. The van der Waals surface area contributed by atoms with Crippen molar-refractivity contribution in [3.8, 4) is 5.69 Å². The third-order valence-electron chi connectivity index (χ3n) is 4.25. The molecule has 7 nitrogen and oxygen atoms in total. The second kappa shape index (κ2) is 9.16. The number of amides is 1. The predicted molar refractivity (Wildman–Crippen MR) is 117 cm³/mol. The van der Waals surface area contributed by atoms with Gasteiger partial charge in [-0.3, -0.25) is 4.79 Å². The molecule has 2 aromatic carbocycles. The average molecular weight is 467 g/mol. The van der Waals surface area contributed by atoms with Gasteiger partial charge in [0, 0.05) is 19.2 Å². The molecule has 0 aliphatic carbocycles. The van der Waals surface area contributed by atoms with Gasteiger partial charge in [0.25, 0.3) is 5.91 Å². The summed E-state index contributed by atoms with van der Waals surface area (Å²) >= 11 is 12.5. The number of hydrogen-bond acceptors (Lipinski definition) is 5. The molecule has 3 aromatic rings. The zero-order valence-corrected chi connectivity index (χ0v) is 18.7. The van der Waals surface area contributed by atoms with E-state index in [0.717, 1.165) is 5.56 Å². The predicted octanol–water partition coefficient (Wildman–Crippen LogP) is 3.61. The van der Waals surface area contributed by atoms with Crippen molar-refractivity contribution >= 4 is 38.9 Å². The van der Waals surface area contributed by atoms with Crippen molar-refractivity contribution in [2.45, 2.75) is 25.6 Å². The Morgan fingerprint density at radius 1 is 1.07 bits per heavy atom. The van der Waals surface area contributed by atoms with Gasteiger partial charge in [-0.2, -0.15) is 0 Å². The first kappa shape index (κ1) is 22.3. The van der Waals surface area contributed by atoms with Crippen LogP contribution in [0.25, 0.3) is 5.69 Å². The average Bonchev–Trinajstić information content (AvgIpc) is 3.10. The van der Waals surface area contributed by atoms with Crippen LogP contribution in [-0.4, -0.2) is 35.3 Å². The molecule has 158 valence electrons. The van der Waals surface area contributed by atoms with Crippen LogP contribution in [0.2, 0.25) is 10.0 Å². The number of para-hydroxylation sites is 1. The third-order valence-corrected chi connectivity index (χ3v) is 5.72. The minimum absolute atomic E-state index is 0.0107. The molecule has 0 spiro atoms. The molecular formula is C20H20Cl2N4O3S. The second-order valence-electron chi connectivity index (χ2n) is 6.76. The molecule has 0 unspecified atom stereocenters. The van der Waals surface area contributed by atoms with Gasteiger partial charge in [0.1, 0.15) is 11.5 Å². The van der Waals surface area contributed by atoms with Gasteiger partial charge in [-0.15, -0.1) is 5.10 Å². The summed E-state index contributed by atoms with van der Waals surface area (Å²) in [4.78, 5) is 16.9. The molecule has 0 aliphatic heterocycles. The van der Waals surface area contributed by atoms with E-state index in [1.807, 2.05) is 6.92 Å². The number of nitrogens with one attached hydrogen (secondary N) is 1. The van der Waals surface area contributed by atoms with E-state index in [2.05, 4.69) is 15.4 Å². The van der Waals surface area contributed by atoms with Crippen LogP contribution in [0, 0.1) is 0 Å². The Bertz CT molecular complexity index is 1160. The minimum atomic E-state index is -3.09. The normalized spacial score (nSPS) is 11.5. The fourth-order valence-corrected chi connectivity index (χ4v) is 4.21. The molecule has 1 N–H and O–H groups in total. The van der Waals surface area contributed by atoms with E-state index in [0.29, 0.717) is 33.5 Å². The van der Waals surface area contributed by atoms with Gasteiger partial charge in [-0.25, -0.2) is 18.1 Å². The van der Waals surface area contributed by atoms with Crippen LogP contribution in [0.5, 0.6) is 0 Å². The van der Waals surface area contributed by atoms with E-state index in [1.54, 1.807) is 42.5 Å². The Labute approximate surface area is 185 Å². The topological polar surface area (TPSA) is 93.9 Å². The molecule has 0 saturated carbocycles. The van der Waals surface area contributed by atoms with Crippen LogP contribution in [-0.2, 0) is 28.6 Å². The lowest BCUT2D eigenvalue weighted by Gasteiger charge is -2.08. The molecule has 1 aromatic heterocycles. The fraction of sp³-hybridized carbons (Fsp3) is 0.250. The number of hydrogen-bond donors (Lipinski definition) is 1. The second-order valence-corrected chi connectivity index (χ2v) is 9.71. The van der Waals surface area contributed by atoms with Crippen LogP contribution < -0.4 is 5.32 Å². The van der Waals surface area contributed by atoms with Crippen LogP contribution in [0.4, 0.5) is 0 Å². The molecule has 0 bridgehead atoms. The van der Waals surface area contributed by atoms with E-state index in [1.165, 1.54) is 10.9 Å². The van der Waals surface area contributed by atoms with Crippen molar-refractivity contribution in [1.29, 1.82) is 0 Å². The monoisotopic (exact) mass is 466 g/mol. The van der Waals surface area contributed by atoms with Gasteiger partial charge < -0.3 is 5.32 Å². The lowest BCUT2D eigenvalue weighted by atomic mass is 10.1. The summed E-state index contributed by atoms with van der Waals surface area (Å²) < 4.78 is 24.2. The van der Waals surface area contributed by atoms with Crippen molar-refractivity contribution in [2.24, 2.45) is 0 Å². The van der Waals surface area contributed by atoms with Gasteiger partial charge in [0.15, 0.2) is 9.84 Å². The SMILES string of the molecule is CCc1nc(C(=O)NCc2ccc(CS(C)(=O)=O)cc2)nn1-c1c(Cl)cccc1Cl. The van der Waals surface area contributed by atoms with E-state index >= 15 is 0 Å². The molecule has 0 fully saturated rings. The van der Waals surface area contributed by atoms with Crippen LogP contribution >= 0.6 is 23.2 Å². The lowest BCUT2D eigenvalue weighted by Crippen LogP contribution is -2.24. The molecule has 1 heterocycles. The molecule has 0 saturated heterocycles. The van der Waals surface area contributed by atoms with E-state index < -0.39 is 15.7 Å². The van der Waals surface area contributed by atoms with Gasteiger partial charge in [0.05, 0.1) is 15.8 Å². The van der Waals surface area contributed by atoms with Crippen LogP contribution in [0.1, 0.15) is 34.5 Å². The lowest BCUT2D eigenvalue weighted by molar-refractivity contribution is 0.0940. The number of aromatic nitrogens is 3. The maximum Gasteiger partial charge on any atom is 0.291 e. The number of halogens is 2. The maximum absolute atomic E-state index is 12.6. The summed E-state index contributed by atoms with van der Waals surface area (Å²) in [6.07, 6.45) is 1.72. The number of carbonyl (C=O) groups excluding carboxylic acids is 1. The number of nitrogens with zero attached hydrogens (tertiary/aromatic N) is 3. The Balaban J connectivity index is 1.74. The van der Waals surface area contributed by atoms with E-state index in [9.17, 15) is 13.2 Å². The smallest absolute Gasteiger partial charge is 0.291 e. The highest BCUT2D eigenvalue weighted by Gasteiger charge is 2.19. The number of sulfone groups is 1. The molecule has 30 heavy (non-hydrogen) atoms. The van der Waals surface area contributed by atoms with Gasteiger partial charge >= 0.3 is 0 Å². The summed E-state index contributed by atoms with van der Waals surface area (Å²) in [6, 6.07) is 12.1. The first-order chi connectivity index (χ1) is 14.2. The van der Waals surface area contributed by atoms with Crippen molar-refractivity contribution in [2.75, 3.05) is 6.26 Å². The maximum atomic E-state index is 12.6. The molecule has 0 radical (unpaired) electrons. The Kier molecular flexibility index (Phi) is 6.80. The number of carbonyl (C=O) groups is 1. The number of benzene rings is 2. The van der Waals surface area contributed by atoms with Gasteiger partial charge in [-0.1, -0.05) is 60.5 Å². The number of rotatable bonds is 7. The quantitative estimate of drug-likeness (QED) is 0.573. The zero-order chi connectivity index (χ0) is 21.9. The highest BCUT2D eigenvalue weighted by Crippen LogP contribution is 2.28. The number of aryl methyl sites for hydroxylation is 1. The third kappa shape index (κ3) is 5.38. The molecular weight excluding hydrogens is 447 g/mol. The van der Waals surface area contributed by atoms with Crippen LogP contribution in [0.15, 0.2) is 42.5 Å².